The molecule has 1 aromatic heterocycles. The fourth-order valence-electron chi connectivity index (χ4n) is 2.09. The van der Waals surface area contributed by atoms with Gasteiger partial charge < -0.3 is 10.6 Å². The standard InChI is InChI=1S/C15H20N4O.ClH/c1-18-12-14(11-17-18)15(20)19(10-8-16)9-7-13-5-3-2-4-6-13;/h2-6,11-12H,7-10,16H2,1H3;1H. The molecule has 1 aromatic carbocycles. The third-order valence-electron chi connectivity index (χ3n) is 3.15. The molecule has 0 unspecified atom stereocenters. The van der Waals surface area contributed by atoms with Crippen molar-refractivity contribution in [3.63, 3.8) is 0 Å². The average Bonchev–Trinajstić information content (AvgIpc) is 2.90. The summed E-state index contributed by atoms with van der Waals surface area (Å²) in [5.41, 5.74) is 7.43. The number of benzene rings is 1. The Hall–Kier alpha value is -1.85. The summed E-state index contributed by atoms with van der Waals surface area (Å²) in [5.74, 6) is -0.0144. The first-order valence-electron chi connectivity index (χ1n) is 6.72. The highest BCUT2D eigenvalue weighted by Crippen LogP contribution is 2.06. The van der Waals surface area contributed by atoms with Crippen molar-refractivity contribution in [1.29, 1.82) is 0 Å². The maximum Gasteiger partial charge on any atom is 0.257 e. The molecular weight excluding hydrogens is 288 g/mol. The number of nitrogens with two attached hydrogens (primary N) is 1. The molecule has 21 heavy (non-hydrogen) atoms. The first-order chi connectivity index (χ1) is 9.70. The van der Waals surface area contributed by atoms with E-state index in [0.29, 0.717) is 25.2 Å². The van der Waals surface area contributed by atoms with Crippen molar-refractivity contribution < 1.29 is 4.79 Å². The molecule has 0 fully saturated rings. The fraction of sp³-hybridized carbons (Fsp3) is 0.333. The lowest BCUT2D eigenvalue weighted by atomic mass is 10.1. The van der Waals surface area contributed by atoms with Crippen LogP contribution in [0.4, 0.5) is 0 Å². The molecule has 0 spiro atoms. The number of aryl methyl sites for hydroxylation is 1. The quantitative estimate of drug-likeness (QED) is 0.879. The summed E-state index contributed by atoms with van der Waals surface area (Å²) in [5, 5.41) is 4.04. The number of hydrogen-bond donors (Lipinski definition) is 1. The van der Waals surface area contributed by atoms with Crippen LogP contribution in [-0.4, -0.2) is 40.2 Å². The molecule has 5 nitrogen and oxygen atoms in total. The summed E-state index contributed by atoms with van der Waals surface area (Å²) in [6, 6.07) is 10.1. The van der Waals surface area contributed by atoms with Crippen molar-refractivity contribution in [2.45, 2.75) is 6.42 Å². The summed E-state index contributed by atoms with van der Waals surface area (Å²) in [7, 11) is 1.80. The van der Waals surface area contributed by atoms with E-state index in [-0.39, 0.29) is 18.3 Å². The van der Waals surface area contributed by atoms with Crippen molar-refractivity contribution in [3.05, 3.63) is 53.9 Å². The lowest BCUT2D eigenvalue weighted by molar-refractivity contribution is 0.0762. The molecule has 114 valence electrons. The minimum absolute atomic E-state index is 0. The first-order valence-corrected chi connectivity index (χ1v) is 6.72. The molecule has 1 heterocycles. The monoisotopic (exact) mass is 308 g/mol. The highest BCUT2D eigenvalue weighted by molar-refractivity contribution is 5.93. The van der Waals surface area contributed by atoms with Crippen LogP contribution in [0.25, 0.3) is 0 Å². The molecule has 0 bridgehead atoms. The van der Waals surface area contributed by atoms with E-state index in [1.165, 1.54) is 5.56 Å². The predicted molar refractivity (Wildman–Crippen MR) is 85.6 cm³/mol. The van der Waals surface area contributed by atoms with Gasteiger partial charge in [0.05, 0.1) is 11.8 Å². The molecule has 2 aromatic rings. The van der Waals surface area contributed by atoms with E-state index in [0.717, 1.165) is 6.42 Å². The highest BCUT2D eigenvalue weighted by atomic mass is 35.5. The Bertz CT molecular complexity index is 556. The van der Waals surface area contributed by atoms with Crippen LogP contribution in [0.2, 0.25) is 0 Å². The fourth-order valence-corrected chi connectivity index (χ4v) is 2.09. The van der Waals surface area contributed by atoms with Gasteiger partial charge in [-0.25, -0.2) is 0 Å². The van der Waals surface area contributed by atoms with Crippen molar-refractivity contribution in [2.24, 2.45) is 12.8 Å². The Kier molecular flexibility index (Phi) is 6.91. The number of nitrogens with zero attached hydrogens (tertiary/aromatic N) is 3. The number of hydrogen-bond acceptors (Lipinski definition) is 3. The Morgan fingerprint density at radius 3 is 2.57 bits per heavy atom. The van der Waals surface area contributed by atoms with Crippen molar-refractivity contribution in [3.8, 4) is 0 Å². The number of aromatic nitrogens is 2. The van der Waals surface area contributed by atoms with Crippen molar-refractivity contribution >= 4 is 18.3 Å². The second-order valence-electron chi connectivity index (χ2n) is 4.72. The Labute approximate surface area is 131 Å². The minimum atomic E-state index is -0.0144. The van der Waals surface area contributed by atoms with Crippen LogP contribution in [0, 0.1) is 0 Å². The molecule has 0 atom stereocenters. The molecule has 0 aliphatic carbocycles. The summed E-state index contributed by atoms with van der Waals surface area (Å²) in [4.78, 5) is 14.2. The van der Waals surface area contributed by atoms with Crippen molar-refractivity contribution in [2.75, 3.05) is 19.6 Å². The van der Waals surface area contributed by atoms with Crippen LogP contribution in [0.3, 0.4) is 0 Å². The number of amides is 1. The zero-order valence-corrected chi connectivity index (χ0v) is 12.9. The van der Waals surface area contributed by atoms with Crippen molar-refractivity contribution in [1.82, 2.24) is 14.7 Å². The maximum atomic E-state index is 12.4. The van der Waals surface area contributed by atoms with Gasteiger partial charge in [-0.05, 0) is 12.0 Å². The molecule has 0 aliphatic heterocycles. The van der Waals surface area contributed by atoms with Gasteiger partial charge in [-0.3, -0.25) is 9.48 Å². The lowest BCUT2D eigenvalue weighted by Crippen LogP contribution is -2.36. The number of rotatable bonds is 6. The maximum absolute atomic E-state index is 12.4. The Balaban J connectivity index is 0.00000220. The van der Waals surface area contributed by atoms with E-state index < -0.39 is 0 Å². The molecular formula is C15H21ClN4O. The zero-order valence-electron chi connectivity index (χ0n) is 12.1. The molecule has 2 N–H and O–H groups in total. The highest BCUT2D eigenvalue weighted by Gasteiger charge is 2.16. The summed E-state index contributed by atoms with van der Waals surface area (Å²) in [6.07, 6.45) is 4.15. The number of carbonyl (C=O) groups is 1. The Morgan fingerprint density at radius 1 is 1.29 bits per heavy atom. The molecule has 0 radical (unpaired) electrons. The van der Waals surface area contributed by atoms with Crippen LogP contribution in [0.15, 0.2) is 42.7 Å². The van der Waals surface area contributed by atoms with Gasteiger partial charge in [0.25, 0.3) is 5.91 Å². The third kappa shape index (κ3) is 4.88. The van der Waals surface area contributed by atoms with Crippen LogP contribution >= 0.6 is 12.4 Å². The smallest absolute Gasteiger partial charge is 0.257 e. The summed E-state index contributed by atoms with van der Waals surface area (Å²) < 4.78 is 1.63. The largest absolute Gasteiger partial charge is 0.337 e. The van der Waals surface area contributed by atoms with E-state index in [9.17, 15) is 4.79 Å². The average molecular weight is 309 g/mol. The third-order valence-corrected chi connectivity index (χ3v) is 3.15. The summed E-state index contributed by atoms with van der Waals surface area (Å²) >= 11 is 0. The van der Waals surface area contributed by atoms with Gasteiger partial charge in [0.15, 0.2) is 0 Å². The van der Waals surface area contributed by atoms with E-state index in [2.05, 4.69) is 17.2 Å². The molecule has 1 amide bonds. The molecule has 6 heteroatoms. The van der Waals surface area contributed by atoms with Gasteiger partial charge in [-0.15, -0.1) is 12.4 Å². The topological polar surface area (TPSA) is 64.2 Å². The number of halogens is 1. The Morgan fingerprint density at radius 2 is 2.00 bits per heavy atom. The molecule has 0 saturated heterocycles. The first kappa shape index (κ1) is 17.2. The zero-order chi connectivity index (χ0) is 14.4. The van der Waals surface area contributed by atoms with Gasteiger partial charge in [-0.1, -0.05) is 30.3 Å². The molecule has 0 aliphatic rings. The second-order valence-corrected chi connectivity index (χ2v) is 4.72. The molecule has 2 rings (SSSR count). The van der Waals surface area contributed by atoms with E-state index in [1.54, 1.807) is 29.0 Å². The van der Waals surface area contributed by atoms with E-state index in [1.807, 2.05) is 18.2 Å². The lowest BCUT2D eigenvalue weighted by Gasteiger charge is -2.21. The normalized spacial score (nSPS) is 10.0. The summed E-state index contributed by atoms with van der Waals surface area (Å²) in [6.45, 7) is 1.68. The van der Waals surface area contributed by atoms with Crippen LogP contribution < -0.4 is 5.73 Å². The minimum Gasteiger partial charge on any atom is -0.337 e. The van der Waals surface area contributed by atoms with Gasteiger partial charge in [0, 0.05) is 32.9 Å². The van der Waals surface area contributed by atoms with E-state index in [4.69, 9.17) is 5.73 Å². The van der Waals surface area contributed by atoms with Gasteiger partial charge in [0.1, 0.15) is 0 Å². The van der Waals surface area contributed by atoms with Crippen LogP contribution in [0.1, 0.15) is 15.9 Å². The van der Waals surface area contributed by atoms with Crippen LogP contribution in [-0.2, 0) is 13.5 Å². The van der Waals surface area contributed by atoms with E-state index >= 15 is 0 Å². The van der Waals surface area contributed by atoms with Gasteiger partial charge in [-0.2, -0.15) is 5.10 Å². The SMILES string of the molecule is Cl.Cn1cc(C(=O)N(CCN)CCc2ccccc2)cn1. The van der Waals surface area contributed by atoms with Gasteiger partial charge in [0.2, 0.25) is 0 Å². The van der Waals surface area contributed by atoms with Crippen LogP contribution in [0.5, 0.6) is 0 Å². The molecule has 0 saturated carbocycles. The van der Waals surface area contributed by atoms with Gasteiger partial charge >= 0.3 is 0 Å². The second kappa shape index (κ2) is 8.44. The number of carbonyl (C=O) groups excluding carboxylic acids is 1. The predicted octanol–water partition coefficient (Wildman–Crippen LogP) is 1.49.